The minimum absolute atomic E-state index is 0.0999. The maximum absolute atomic E-state index is 13.9. The summed E-state index contributed by atoms with van der Waals surface area (Å²) in [5.74, 6) is -0.216. The highest BCUT2D eigenvalue weighted by molar-refractivity contribution is 6.31. The third-order valence-corrected chi connectivity index (χ3v) is 6.36. The molecule has 3 aromatic heterocycles. The normalized spacial score (nSPS) is 11.9. The van der Waals surface area contributed by atoms with Crippen molar-refractivity contribution in [1.82, 2.24) is 24.4 Å². The molecule has 38 heavy (non-hydrogen) atoms. The summed E-state index contributed by atoms with van der Waals surface area (Å²) in [7, 11) is 0. The quantitative estimate of drug-likeness (QED) is 0.261. The summed E-state index contributed by atoms with van der Waals surface area (Å²) < 4.78 is 44.0. The van der Waals surface area contributed by atoms with Gasteiger partial charge >= 0.3 is 6.18 Å². The molecule has 0 unspecified atom stereocenters. The number of hydrogen-bond acceptors (Lipinski definition) is 4. The Kier molecular flexibility index (Phi) is 6.66. The number of hydrogen-bond donors (Lipinski definition) is 1. The average Bonchev–Trinajstić information content (AvgIpc) is 3.51. The lowest BCUT2D eigenvalue weighted by Gasteiger charge is -2.11. The number of alkyl halides is 3. The first-order valence-corrected chi connectivity index (χ1v) is 12.1. The predicted molar refractivity (Wildman–Crippen MR) is 138 cm³/mol. The Bertz CT molecular complexity index is 1620. The van der Waals surface area contributed by atoms with Crippen LogP contribution < -0.4 is 5.32 Å². The fourth-order valence-electron chi connectivity index (χ4n) is 3.97. The third kappa shape index (κ3) is 5.26. The lowest BCUT2D eigenvalue weighted by molar-refractivity contribution is -0.142. The second kappa shape index (κ2) is 9.94. The molecule has 1 amide bonds. The molecule has 0 aliphatic rings. The van der Waals surface area contributed by atoms with Gasteiger partial charge in [-0.1, -0.05) is 67.9 Å². The van der Waals surface area contributed by atoms with E-state index < -0.39 is 17.8 Å². The van der Waals surface area contributed by atoms with Crippen molar-refractivity contribution in [2.45, 2.75) is 32.5 Å². The zero-order valence-electron chi connectivity index (χ0n) is 20.4. The van der Waals surface area contributed by atoms with Crippen molar-refractivity contribution in [3.63, 3.8) is 0 Å². The van der Waals surface area contributed by atoms with Gasteiger partial charge in [-0.3, -0.25) is 9.48 Å². The van der Waals surface area contributed by atoms with Crippen LogP contribution in [0.2, 0.25) is 5.02 Å². The van der Waals surface area contributed by atoms with Gasteiger partial charge in [0.15, 0.2) is 22.9 Å². The summed E-state index contributed by atoms with van der Waals surface area (Å²) in [5, 5.41) is 11.4. The molecule has 3 heterocycles. The van der Waals surface area contributed by atoms with Crippen molar-refractivity contribution in [2.75, 3.05) is 5.32 Å². The summed E-state index contributed by atoms with van der Waals surface area (Å²) in [6, 6.07) is 18.2. The van der Waals surface area contributed by atoms with Crippen LogP contribution in [-0.4, -0.2) is 30.3 Å². The van der Waals surface area contributed by atoms with Crippen molar-refractivity contribution >= 4 is 29.0 Å². The fraction of sp³-hybridized carbons (Fsp3) is 0.185. The Morgan fingerprint density at radius 2 is 1.76 bits per heavy atom. The van der Waals surface area contributed by atoms with E-state index in [0.29, 0.717) is 21.6 Å². The molecule has 2 aromatic carbocycles. The lowest BCUT2D eigenvalue weighted by Crippen LogP contribution is -2.16. The van der Waals surface area contributed by atoms with Gasteiger partial charge in [0.1, 0.15) is 0 Å². The first-order valence-electron chi connectivity index (χ1n) is 11.7. The van der Waals surface area contributed by atoms with Gasteiger partial charge in [-0.15, -0.1) is 0 Å². The largest absolute Gasteiger partial charge is 0.433 e. The number of aromatic nitrogens is 5. The lowest BCUT2D eigenvalue weighted by atomic mass is 10.0. The molecule has 194 valence electrons. The highest BCUT2D eigenvalue weighted by atomic mass is 35.5. The summed E-state index contributed by atoms with van der Waals surface area (Å²) >= 11 is 6.19. The van der Waals surface area contributed by atoms with Crippen LogP contribution in [0.5, 0.6) is 0 Å². The van der Waals surface area contributed by atoms with Gasteiger partial charge in [-0.25, -0.2) is 9.50 Å². The molecule has 7 nitrogen and oxygen atoms in total. The summed E-state index contributed by atoms with van der Waals surface area (Å²) in [4.78, 5) is 17.2. The molecule has 0 fully saturated rings. The molecule has 5 rings (SSSR count). The average molecular weight is 539 g/mol. The van der Waals surface area contributed by atoms with E-state index >= 15 is 0 Å². The molecule has 0 saturated carbocycles. The molecule has 0 aliphatic heterocycles. The fourth-order valence-corrected chi connectivity index (χ4v) is 4.17. The monoisotopic (exact) mass is 538 g/mol. The van der Waals surface area contributed by atoms with Crippen molar-refractivity contribution in [2.24, 2.45) is 0 Å². The maximum Gasteiger partial charge on any atom is 0.433 e. The topological polar surface area (TPSA) is 77.1 Å². The molecular formula is C27H22ClF3N6O. The Hall–Kier alpha value is -4.18. The smallest absolute Gasteiger partial charge is 0.304 e. The van der Waals surface area contributed by atoms with Crippen LogP contribution in [0.25, 0.3) is 16.9 Å². The minimum atomic E-state index is -4.72. The van der Waals surface area contributed by atoms with Crippen molar-refractivity contribution in [3.8, 4) is 11.3 Å². The van der Waals surface area contributed by atoms with Crippen molar-refractivity contribution in [1.29, 1.82) is 0 Å². The molecule has 0 bridgehead atoms. The van der Waals surface area contributed by atoms with Crippen LogP contribution in [0.3, 0.4) is 0 Å². The van der Waals surface area contributed by atoms with Crippen LogP contribution in [-0.2, 0) is 12.7 Å². The van der Waals surface area contributed by atoms with Gasteiger partial charge in [0.25, 0.3) is 5.91 Å². The van der Waals surface area contributed by atoms with E-state index in [9.17, 15) is 18.0 Å². The highest BCUT2D eigenvalue weighted by Gasteiger charge is 2.35. The van der Waals surface area contributed by atoms with Crippen molar-refractivity contribution in [3.05, 3.63) is 100 Å². The molecule has 0 spiro atoms. The molecular weight excluding hydrogens is 517 g/mol. The summed E-state index contributed by atoms with van der Waals surface area (Å²) in [5.41, 5.74) is 1.20. The van der Waals surface area contributed by atoms with Crippen LogP contribution >= 0.6 is 11.6 Å². The highest BCUT2D eigenvalue weighted by Crippen LogP contribution is 2.33. The van der Waals surface area contributed by atoms with Gasteiger partial charge < -0.3 is 5.32 Å². The predicted octanol–water partition coefficient (Wildman–Crippen LogP) is 6.69. The number of halogens is 4. The SMILES string of the molecule is CC(C)c1ccc(-c2cc(C(F)(F)F)n3nc(C(=O)Nc4ccn(Cc5ccccc5Cl)n4)cc3n2)cc1. The second-order valence-corrected chi connectivity index (χ2v) is 9.45. The van der Waals surface area contributed by atoms with Crippen LogP contribution in [0, 0.1) is 0 Å². The number of amides is 1. The van der Waals surface area contributed by atoms with Gasteiger partial charge in [-0.2, -0.15) is 23.4 Å². The number of nitrogens with one attached hydrogen (secondary N) is 1. The number of rotatable bonds is 6. The van der Waals surface area contributed by atoms with E-state index in [4.69, 9.17) is 11.6 Å². The maximum atomic E-state index is 13.9. The third-order valence-electron chi connectivity index (χ3n) is 6.00. The zero-order valence-corrected chi connectivity index (χ0v) is 21.1. The van der Waals surface area contributed by atoms with Gasteiger partial charge in [0.05, 0.1) is 12.2 Å². The van der Waals surface area contributed by atoms with Gasteiger partial charge in [0, 0.05) is 28.9 Å². The molecule has 1 N–H and O–H groups in total. The zero-order chi connectivity index (χ0) is 27.0. The molecule has 0 atom stereocenters. The Labute approximate surface area is 220 Å². The van der Waals surface area contributed by atoms with E-state index in [1.165, 1.54) is 6.07 Å². The number of fused-ring (bicyclic) bond motifs is 1. The van der Waals surface area contributed by atoms with E-state index in [-0.39, 0.29) is 28.8 Å². The minimum Gasteiger partial charge on any atom is -0.304 e. The van der Waals surface area contributed by atoms with Crippen molar-refractivity contribution < 1.29 is 18.0 Å². The van der Waals surface area contributed by atoms with E-state index in [2.05, 4.69) is 20.5 Å². The Morgan fingerprint density at radius 1 is 1.03 bits per heavy atom. The first kappa shape index (κ1) is 25.5. The number of nitrogens with zero attached hydrogens (tertiary/aromatic N) is 5. The molecule has 0 radical (unpaired) electrons. The molecule has 11 heteroatoms. The summed E-state index contributed by atoms with van der Waals surface area (Å²) in [6.45, 7) is 4.44. The van der Waals surface area contributed by atoms with Crippen LogP contribution in [0.4, 0.5) is 19.0 Å². The van der Waals surface area contributed by atoms with E-state index in [1.807, 2.05) is 44.2 Å². The summed E-state index contributed by atoms with van der Waals surface area (Å²) in [6.07, 6.45) is -3.06. The van der Waals surface area contributed by atoms with E-state index in [1.54, 1.807) is 35.1 Å². The number of carbonyl (C=O) groups is 1. The van der Waals surface area contributed by atoms with E-state index in [0.717, 1.165) is 17.2 Å². The van der Waals surface area contributed by atoms with Crippen LogP contribution in [0.1, 0.15) is 47.1 Å². The molecule has 0 saturated heterocycles. The number of carbonyl (C=O) groups excluding carboxylic acids is 1. The Balaban J connectivity index is 1.42. The second-order valence-electron chi connectivity index (χ2n) is 9.04. The first-order chi connectivity index (χ1) is 18.1. The molecule has 0 aliphatic carbocycles. The van der Waals surface area contributed by atoms with Gasteiger partial charge in [0.2, 0.25) is 0 Å². The van der Waals surface area contributed by atoms with Crippen LogP contribution in [0.15, 0.2) is 72.9 Å². The number of benzene rings is 2. The number of anilines is 1. The Morgan fingerprint density at radius 3 is 2.45 bits per heavy atom. The standard InChI is InChI=1S/C27H22ClF3N6O/c1-16(2)17-7-9-18(10-8-17)21-13-23(27(29,30)31)37-25(32-21)14-22(34-37)26(38)33-24-11-12-36(35-24)15-19-5-3-4-6-20(19)28/h3-14,16H,15H2,1-2H3,(H,33,35,38). The van der Waals surface area contributed by atoms with Gasteiger partial charge in [-0.05, 0) is 29.2 Å². The molecule has 5 aromatic rings.